The summed E-state index contributed by atoms with van der Waals surface area (Å²) in [6.07, 6.45) is 0.616. The van der Waals surface area contributed by atoms with E-state index in [4.69, 9.17) is 9.99 Å². The van der Waals surface area contributed by atoms with E-state index in [9.17, 15) is 0 Å². The van der Waals surface area contributed by atoms with Crippen LogP contribution in [0.25, 0.3) is 0 Å². The number of hydrogen-bond donors (Lipinski definition) is 1. The van der Waals surface area contributed by atoms with Gasteiger partial charge in [0, 0.05) is 13.2 Å². The van der Waals surface area contributed by atoms with Crippen LogP contribution in [0, 0.1) is 5.92 Å². The molecule has 1 unspecified atom stereocenters. The summed E-state index contributed by atoms with van der Waals surface area (Å²) in [6, 6.07) is 0. The lowest BCUT2D eigenvalue weighted by Gasteiger charge is -2.09. The van der Waals surface area contributed by atoms with E-state index in [1.165, 1.54) is 0 Å². The molecule has 0 aromatic rings. The Morgan fingerprint density at radius 1 is 1.27 bits per heavy atom. The Morgan fingerprint density at radius 3 is 2.36 bits per heavy atom. The highest BCUT2D eigenvalue weighted by Gasteiger charge is 2.00. The first-order valence-corrected chi connectivity index (χ1v) is 4.04. The zero-order valence-corrected chi connectivity index (χ0v) is 7.54. The van der Waals surface area contributed by atoms with E-state index in [0.717, 1.165) is 13.0 Å². The fourth-order valence-corrected chi connectivity index (χ4v) is 0.621. The first-order chi connectivity index (χ1) is 5.16. The predicted octanol–water partition coefficient (Wildman–Crippen LogP) is 1.93. The third kappa shape index (κ3) is 7.78. The van der Waals surface area contributed by atoms with Gasteiger partial charge in [0.05, 0.1) is 6.10 Å². The fourth-order valence-electron chi connectivity index (χ4n) is 0.621. The molecule has 0 heterocycles. The molecule has 0 aliphatic rings. The van der Waals surface area contributed by atoms with Crippen LogP contribution in [0.15, 0.2) is 0 Å². The second kappa shape index (κ2) is 6.58. The molecule has 0 radical (unpaired) electrons. The molecule has 0 fully saturated rings. The summed E-state index contributed by atoms with van der Waals surface area (Å²) >= 11 is 0. The normalized spacial score (nSPS) is 13.9. The van der Waals surface area contributed by atoms with Crippen LogP contribution < -0.4 is 0 Å². The van der Waals surface area contributed by atoms with Gasteiger partial charge < -0.3 is 4.74 Å². The van der Waals surface area contributed by atoms with Gasteiger partial charge in [0.25, 0.3) is 0 Å². The van der Waals surface area contributed by atoms with Gasteiger partial charge in [0.15, 0.2) is 0 Å². The molecule has 3 nitrogen and oxygen atoms in total. The van der Waals surface area contributed by atoms with Gasteiger partial charge in [0.1, 0.15) is 0 Å². The summed E-state index contributed by atoms with van der Waals surface area (Å²) in [7, 11) is 0. The summed E-state index contributed by atoms with van der Waals surface area (Å²) in [6.45, 7) is 7.44. The summed E-state index contributed by atoms with van der Waals surface area (Å²) in [5, 5.41) is 8.19. The minimum atomic E-state index is -0.123. The van der Waals surface area contributed by atoms with Gasteiger partial charge in [-0.15, -0.1) is 0 Å². The first kappa shape index (κ1) is 10.9. The van der Waals surface area contributed by atoms with Crippen LogP contribution in [0.4, 0.5) is 0 Å². The van der Waals surface area contributed by atoms with Crippen LogP contribution in [0.2, 0.25) is 0 Å². The maximum Gasteiger partial charge on any atom is 0.0921 e. The fraction of sp³-hybridized carbons (Fsp3) is 1.00. The SMILES string of the molecule is CC(C)COCCC(C)OO. The number of hydrogen-bond acceptors (Lipinski definition) is 3. The summed E-state index contributed by atoms with van der Waals surface area (Å²) < 4.78 is 5.28. The Morgan fingerprint density at radius 2 is 1.91 bits per heavy atom. The van der Waals surface area contributed by atoms with E-state index >= 15 is 0 Å². The quantitative estimate of drug-likeness (QED) is 0.368. The van der Waals surface area contributed by atoms with E-state index in [-0.39, 0.29) is 6.10 Å². The van der Waals surface area contributed by atoms with E-state index in [2.05, 4.69) is 18.7 Å². The maximum atomic E-state index is 8.19. The molecular formula is C8H18O3. The molecule has 1 atom stereocenters. The highest BCUT2D eigenvalue weighted by molar-refractivity contribution is 4.46. The number of ether oxygens (including phenoxy) is 1. The maximum absolute atomic E-state index is 8.19. The van der Waals surface area contributed by atoms with Crippen molar-refractivity contribution in [3.05, 3.63) is 0 Å². The van der Waals surface area contributed by atoms with Gasteiger partial charge in [-0.25, -0.2) is 4.89 Å². The van der Waals surface area contributed by atoms with Crippen molar-refractivity contribution in [2.24, 2.45) is 5.92 Å². The molecule has 0 aliphatic carbocycles. The molecule has 0 amide bonds. The lowest BCUT2D eigenvalue weighted by atomic mass is 10.2. The second-order valence-corrected chi connectivity index (χ2v) is 3.17. The van der Waals surface area contributed by atoms with E-state index < -0.39 is 0 Å². The van der Waals surface area contributed by atoms with Crippen molar-refractivity contribution in [2.75, 3.05) is 13.2 Å². The van der Waals surface area contributed by atoms with Gasteiger partial charge >= 0.3 is 0 Å². The van der Waals surface area contributed by atoms with Crippen molar-refractivity contribution in [1.29, 1.82) is 0 Å². The van der Waals surface area contributed by atoms with Crippen LogP contribution in [0.1, 0.15) is 27.2 Å². The molecule has 1 N–H and O–H groups in total. The van der Waals surface area contributed by atoms with Gasteiger partial charge in [-0.1, -0.05) is 13.8 Å². The predicted molar refractivity (Wildman–Crippen MR) is 43.4 cm³/mol. The molecule has 0 saturated carbocycles. The van der Waals surface area contributed by atoms with Crippen molar-refractivity contribution in [1.82, 2.24) is 0 Å². The Kier molecular flexibility index (Phi) is 6.51. The molecule has 0 saturated heterocycles. The van der Waals surface area contributed by atoms with Crippen LogP contribution in [-0.4, -0.2) is 24.6 Å². The van der Waals surface area contributed by atoms with Crippen LogP contribution >= 0.6 is 0 Å². The van der Waals surface area contributed by atoms with Crippen molar-refractivity contribution in [3.63, 3.8) is 0 Å². The average molecular weight is 162 g/mol. The molecule has 68 valence electrons. The molecule has 0 spiro atoms. The van der Waals surface area contributed by atoms with Crippen molar-refractivity contribution in [3.8, 4) is 0 Å². The smallest absolute Gasteiger partial charge is 0.0921 e. The van der Waals surface area contributed by atoms with E-state index in [1.54, 1.807) is 6.92 Å². The summed E-state index contributed by atoms with van der Waals surface area (Å²) in [4.78, 5) is 4.08. The Hall–Kier alpha value is -0.120. The minimum Gasteiger partial charge on any atom is -0.381 e. The van der Waals surface area contributed by atoms with Crippen molar-refractivity contribution >= 4 is 0 Å². The molecule has 0 aromatic carbocycles. The molecule has 0 bridgehead atoms. The lowest BCUT2D eigenvalue weighted by Crippen LogP contribution is -2.11. The lowest BCUT2D eigenvalue weighted by molar-refractivity contribution is -0.276. The highest BCUT2D eigenvalue weighted by Crippen LogP contribution is 1.97. The summed E-state index contributed by atoms with van der Waals surface area (Å²) in [5.41, 5.74) is 0. The molecule has 0 rings (SSSR count). The topological polar surface area (TPSA) is 38.7 Å². The van der Waals surface area contributed by atoms with Crippen molar-refractivity contribution in [2.45, 2.75) is 33.3 Å². The third-order valence-corrected chi connectivity index (χ3v) is 1.30. The Labute approximate surface area is 68.2 Å². The molecular weight excluding hydrogens is 144 g/mol. The largest absolute Gasteiger partial charge is 0.381 e. The molecule has 11 heavy (non-hydrogen) atoms. The first-order valence-electron chi connectivity index (χ1n) is 4.04. The molecule has 0 aromatic heterocycles. The van der Waals surface area contributed by atoms with Crippen molar-refractivity contribution < 1.29 is 14.9 Å². The zero-order chi connectivity index (χ0) is 8.69. The van der Waals surface area contributed by atoms with Crippen LogP contribution in [0.5, 0.6) is 0 Å². The van der Waals surface area contributed by atoms with E-state index in [1.807, 2.05) is 0 Å². The standard InChI is InChI=1S/C8H18O3/c1-7(2)6-10-5-4-8(3)11-9/h7-9H,4-6H2,1-3H3. The monoisotopic (exact) mass is 162 g/mol. The molecule has 3 heteroatoms. The van der Waals surface area contributed by atoms with E-state index in [0.29, 0.717) is 12.5 Å². The van der Waals surface area contributed by atoms with Crippen LogP contribution in [0.3, 0.4) is 0 Å². The van der Waals surface area contributed by atoms with Gasteiger partial charge in [-0.3, -0.25) is 5.26 Å². The Balaban J connectivity index is 3.01. The Bertz CT molecular complexity index is 83.4. The van der Waals surface area contributed by atoms with Gasteiger partial charge in [0.2, 0.25) is 0 Å². The van der Waals surface area contributed by atoms with Gasteiger partial charge in [-0.2, -0.15) is 0 Å². The molecule has 0 aliphatic heterocycles. The minimum absolute atomic E-state index is 0.123. The zero-order valence-electron chi connectivity index (χ0n) is 7.54. The van der Waals surface area contributed by atoms with Crippen LogP contribution in [-0.2, 0) is 9.62 Å². The number of rotatable bonds is 6. The van der Waals surface area contributed by atoms with Gasteiger partial charge in [-0.05, 0) is 19.3 Å². The third-order valence-electron chi connectivity index (χ3n) is 1.30. The average Bonchev–Trinajstić information content (AvgIpc) is 1.97. The highest BCUT2D eigenvalue weighted by atomic mass is 17.1. The summed E-state index contributed by atoms with van der Waals surface area (Å²) in [5.74, 6) is 0.570. The second-order valence-electron chi connectivity index (χ2n) is 3.17.